The molecule has 0 saturated heterocycles. The number of para-hydroxylation sites is 1. The predicted octanol–water partition coefficient (Wildman–Crippen LogP) is 4.39. The zero-order valence-corrected chi connectivity index (χ0v) is 17.7. The second kappa shape index (κ2) is 9.17. The van der Waals surface area contributed by atoms with Crippen molar-refractivity contribution < 1.29 is 9.53 Å². The fourth-order valence-electron chi connectivity index (χ4n) is 2.77. The molecule has 0 aliphatic heterocycles. The summed E-state index contributed by atoms with van der Waals surface area (Å²) in [6.07, 6.45) is 0. The zero-order valence-electron chi connectivity index (χ0n) is 16.9. The Labute approximate surface area is 170 Å². The van der Waals surface area contributed by atoms with Crippen molar-refractivity contribution >= 4 is 32.6 Å². The minimum absolute atomic E-state index is 0.00954. The molecule has 0 unspecified atom stereocenters. The SMILES string of the molecule is CC(C)c1ccc(OCC(=O)N(CCN(C)C)c2nc3ccccc3s2)cc1. The first-order valence-electron chi connectivity index (χ1n) is 9.47. The summed E-state index contributed by atoms with van der Waals surface area (Å²) in [6, 6.07) is 15.9. The lowest BCUT2D eigenvalue weighted by Crippen LogP contribution is -2.39. The molecule has 0 saturated carbocycles. The monoisotopic (exact) mass is 397 g/mol. The van der Waals surface area contributed by atoms with Crippen LogP contribution in [-0.2, 0) is 4.79 Å². The minimum Gasteiger partial charge on any atom is -0.484 e. The molecule has 0 spiro atoms. The summed E-state index contributed by atoms with van der Waals surface area (Å²) >= 11 is 1.53. The number of carbonyl (C=O) groups excluding carboxylic acids is 1. The number of amides is 1. The second-order valence-corrected chi connectivity index (χ2v) is 8.33. The van der Waals surface area contributed by atoms with Crippen molar-refractivity contribution in [1.82, 2.24) is 9.88 Å². The Hall–Kier alpha value is -2.44. The lowest BCUT2D eigenvalue weighted by molar-refractivity contribution is -0.120. The summed E-state index contributed by atoms with van der Waals surface area (Å²) in [5.41, 5.74) is 2.16. The number of nitrogens with zero attached hydrogens (tertiary/aromatic N) is 3. The van der Waals surface area contributed by atoms with Crippen LogP contribution in [-0.4, -0.2) is 49.6 Å². The number of hydrogen-bond donors (Lipinski definition) is 0. The van der Waals surface area contributed by atoms with Gasteiger partial charge in [0.25, 0.3) is 5.91 Å². The van der Waals surface area contributed by atoms with Gasteiger partial charge in [-0.05, 0) is 49.8 Å². The van der Waals surface area contributed by atoms with Gasteiger partial charge in [0, 0.05) is 13.1 Å². The van der Waals surface area contributed by atoms with Gasteiger partial charge in [0.05, 0.1) is 10.2 Å². The van der Waals surface area contributed by atoms with Gasteiger partial charge < -0.3 is 9.64 Å². The fraction of sp³-hybridized carbons (Fsp3) is 0.364. The third kappa shape index (κ3) is 5.09. The summed E-state index contributed by atoms with van der Waals surface area (Å²) in [6.45, 7) is 5.62. The quantitative estimate of drug-likeness (QED) is 0.565. The van der Waals surface area contributed by atoms with Gasteiger partial charge in [-0.1, -0.05) is 49.4 Å². The summed E-state index contributed by atoms with van der Waals surface area (Å²) < 4.78 is 6.83. The summed E-state index contributed by atoms with van der Waals surface area (Å²) in [5.74, 6) is 1.08. The molecule has 0 radical (unpaired) electrons. The number of carbonyl (C=O) groups is 1. The number of ether oxygens (including phenoxy) is 1. The Morgan fingerprint density at radius 3 is 2.43 bits per heavy atom. The average molecular weight is 398 g/mol. The first kappa shape index (κ1) is 20.3. The van der Waals surface area contributed by atoms with Crippen LogP contribution in [0.5, 0.6) is 5.75 Å². The Morgan fingerprint density at radius 1 is 1.07 bits per heavy atom. The Kier molecular flexibility index (Phi) is 6.65. The zero-order chi connectivity index (χ0) is 20.1. The maximum atomic E-state index is 12.9. The van der Waals surface area contributed by atoms with Crippen molar-refractivity contribution in [3.8, 4) is 5.75 Å². The fourth-order valence-corrected chi connectivity index (χ4v) is 3.78. The Morgan fingerprint density at radius 2 is 1.79 bits per heavy atom. The van der Waals surface area contributed by atoms with Crippen LogP contribution in [0.3, 0.4) is 0 Å². The molecule has 0 atom stereocenters. The molecule has 0 N–H and O–H groups in total. The van der Waals surface area contributed by atoms with E-state index in [0.29, 0.717) is 23.3 Å². The normalized spacial score (nSPS) is 11.4. The van der Waals surface area contributed by atoms with E-state index in [0.717, 1.165) is 16.8 Å². The second-order valence-electron chi connectivity index (χ2n) is 7.33. The van der Waals surface area contributed by atoms with Gasteiger partial charge in [-0.25, -0.2) is 4.98 Å². The van der Waals surface area contributed by atoms with Crippen LogP contribution in [0.2, 0.25) is 0 Å². The van der Waals surface area contributed by atoms with Crippen LogP contribution < -0.4 is 9.64 Å². The van der Waals surface area contributed by atoms with Crippen molar-refractivity contribution in [1.29, 1.82) is 0 Å². The third-order valence-electron chi connectivity index (χ3n) is 4.49. The van der Waals surface area contributed by atoms with Crippen LogP contribution in [0.1, 0.15) is 25.3 Å². The van der Waals surface area contributed by atoms with E-state index in [2.05, 4.69) is 23.7 Å². The van der Waals surface area contributed by atoms with E-state index >= 15 is 0 Å². The molecular weight excluding hydrogens is 370 g/mol. The molecule has 6 heteroatoms. The molecular formula is C22H27N3O2S. The van der Waals surface area contributed by atoms with Crippen LogP contribution in [0.25, 0.3) is 10.2 Å². The lowest BCUT2D eigenvalue weighted by atomic mass is 10.0. The molecule has 1 amide bonds. The first-order valence-corrected chi connectivity index (χ1v) is 10.3. The largest absolute Gasteiger partial charge is 0.484 e. The van der Waals surface area contributed by atoms with Gasteiger partial charge in [0.1, 0.15) is 5.75 Å². The number of anilines is 1. The highest BCUT2D eigenvalue weighted by molar-refractivity contribution is 7.22. The molecule has 3 aromatic rings. The van der Waals surface area contributed by atoms with E-state index < -0.39 is 0 Å². The van der Waals surface area contributed by atoms with Crippen molar-refractivity contribution in [3.63, 3.8) is 0 Å². The summed E-state index contributed by atoms with van der Waals surface area (Å²) in [5, 5.41) is 0.715. The van der Waals surface area contributed by atoms with Crippen LogP contribution in [0.4, 0.5) is 5.13 Å². The van der Waals surface area contributed by atoms with E-state index in [1.54, 1.807) is 4.90 Å². The molecule has 1 heterocycles. The van der Waals surface area contributed by atoms with Gasteiger partial charge in [0.2, 0.25) is 0 Å². The number of fused-ring (bicyclic) bond motifs is 1. The maximum Gasteiger partial charge on any atom is 0.266 e. The summed E-state index contributed by atoms with van der Waals surface area (Å²) in [7, 11) is 3.99. The van der Waals surface area contributed by atoms with E-state index in [1.165, 1.54) is 16.9 Å². The molecule has 0 aliphatic carbocycles. The van der Waals surface area contributed by atoms with Gasteiger partial charge in [-0.3, -0.25) is 9.69 Å². The highest BCUT2D eigenvalue weighted by atomic mass is 32.1. The third-order valence-corrected chi connectivity index (χ3v) is 5.55. The van der Waals surface area contributed by atoms with Crippen molar-refractivity contribution in [2.75, 3.05) is 38.7 Å². The summed E-state index contributed by atoms with van der Waals surface area (Å²) in [4.78, 5) is 21.4. The molecule has 0 bridgehead atoms. The Balaban J connectivity index is 1.72. The van der Waals surface area contributed by atoms with Crippen LogP contribution in [0, 0.1) is 0 Å². The van der Waals surface area contributed by atoms with Gasteiger partial charge in [0.15, 0.2) is 11.7 Å². The van der Waals surface area contributed by atoms with Gasteiger partial charge in [-0.15, -0.1) is 0 Å². The number of hydrogen-bond acceptors (Lipinski definition) is 5. The number of likely N-dealkylation sites (N-methyl/N-ethyl adjacent to an activating group) is 1. The number of benzene rings is 2. The molecule has 1 aromatic heterocycles. The lowest BCUT2D eigenvalue weighted by Gasteiger charge is -2.22. The molecule has 5 nitrogen and oxygen atoms in total. The van der Waals surface area contributed by atoms with Crippen LogP contribution in [0.15, 0.2) is 48.5 Å². The topological polar surface area (TPSA) is 45.7 Å². The highest BCUT2D eigenvalue weighted by Gasteiger charge is 2.20. The van der Waals surface area contributed by atoms with E-state index in [-0.39, 0.29) is 12.5 Å². The van der Waals surface area contributed by atoms with E-state index in [4.69, 9.17) is 4.74 Å². The molecule has 3 rings (SSSR count). The average Bonchev–Trinajstić information content (AvgIpc) is 3.10. The first-order chi connectivity index (χ1) is 13.4. The molecule has 148 valence electrons. The van der Waals surface area contributed by atoms with Crippen molar-refractivity contribution in [2.45, 2.75) is 19.8 Å². The number of aromatic nitrogens is 1. The molecule has 0 aliphatic rings. The molecule has 0 fully saturated rings. The molecule has 28 heavy (non-hydrogen) atoms. The molecule has 2 aromatic carbocycles. The predicted molar refractivity (Wildman–Crippen MR) is 117 cm³/mol. The van der Waals surface area contributed by atoms with Gasteiger partial charge in [-0.2, -0.15) is 0 Å². The van der Waals surface area contributed by atoms with Crippen LogP contribution >= 0.6 is 11.3 Å². The van der Waals surface area contributed by atoms with Gasteiger partial charge >= 0.3 is 0 Å². The number of thiazole rings is 1. The van der Waals surface area contributed by atoms with Crippen molar-refractivity contribution in [3.05, 3.63) is 54.1 Å². The minimum atomic E-state index is -0.0890. The smallest absolute Gasteiger partial charge is 0.266 e. The van der Waals surface area contributed by atoms with Crippen molar-refractivity contribution in [2.24, 2.45) is 0 Å². The standard InChI is InChI=1S/C22H27N3O2S/c1-16(2)17-9-11-18(12-10-17)27-15-21(26)25(14-13-24(3)4)22-23-19-7-5-6-8-20(19)28-22/h5-12,16H,13-15H2,1-4H3. The maximum absolute atomic E-state index is 12.9. The van der Waals surface area contributed by atoms with E-state index in [9.17, 15) is 4.79 Å². The highest BCUT2D eigenvalue weighted by Crippen LogP contribution is 2.28. The Bertz CT molecular complexity index is 886. The van der Waals surface area contributed by atoms with E-state index in [1.807, 2.05) is 62.6 Å². The number of rotatable bonds is 8.